The van der Waals surface area contributed by atoms with Gasteiger partial charge in [0.15, 0.2) is 0 Å². The number of rotatable bonds is 5. The molecule has 0 aliphatic heterocycles. The van der Waals surface area contributed by atoms with Gasteiger partial charge >= 0.3 is 0 Å². The molecule has 0 saturated heterocycles. The Morgan fingerprint density at radius 3 is 2.52 bits per heavy atom. The van der Waals surface area contributed by atoms with E-state index in [4.69, 9.17) is 4.74 Å². The maximum Gasteiger partial charge on any atom is 0.265 e. The fraction of sp³-hybridized carbons (Fsp3) is 0.273. The second-order valence-electron chi connectivity index (χ2n) is 6.77. The molecule has 0 spiro atoms. The van der Waals surface area contributed by atoms with Gasteiger partial charge < -0.3 is 9.84 Å². The summed E-state index contributed by atoms with van der Waals surface area (Å²) in [6.07, 6.45) is 1.62. The van der Waals surface area contributed by atoms with E-state index in [0.29, 0.717) is 28.6 Å². The largest absolute Gasteiger partial charge is 0.494 e. The lowest BCUT2D eigenvalue weighted by Crippen LogP contribution is -2.20. The third-order valence-electron chi connectivity index (χ3n) is 4.72. The molecule has 0 radical (unpaired) electrons. The zero-order chi connectivity index (χ0) is 19.6. The van der Waals surface area contributed by atoms with Crippen molar-refractivity contribution in [1.29, 1.82) is 0 Å². The van der Waals surface area contributed by atoms with E-state index in [1.54, 1.807) is 19.4 Å². The van der Waals surface area contributed by atoms with Gasteiger partial charge in [-0.05, 0) is 50.1 Å². The number of aliphatic imine (C=N–C) groups is 1. The van der Waals surface area contributed by atoms with Crippen LogP contribution in [0.5, 0.6) is 5.88 Å². The summed E-state index contributed by atoms with van der Waals surface area (Å²) in [5.41, 5.74) is 3.07. The Kier molecular flexibility index (Phi) is 5.42. The first-order chi connectivity index (χ1) is 12.9. The molecule has 2 aromatic carbocycles. The molecule has 5 heteroatoms. The van der Waals surface area contributed by atoms with Crippen LogP contribution < -0.4 is 5.56 Å². The van der Waals surface area contributed by atoms with Crippen molar-refractivity contribution >= 4 is 17.0 Å². The average molecular weight is 364 g/mol. The summed E-state index contributed by atoms with van der Waals surface area (Å²) >= 11 is 0. The molecule has 1 N–H and O–H groups in total. The van der Waals surface area contributed by atoms with Gasteiger partial charge in [0.25, 0.3) is 5.56 Å². The summed E-state index contributed by atoms with van der Waals surface area (Å²) in [5, 5.41) is 12.2. The van der Waals surface area contributed by atoms with Crippen LogP contribution >= 0.6 is 0 Å². The predicted octanol–water partition coefficient (Wildman–Crippen LogP) is 3.77. The van der Waals surface area contributed by atoms with E-state index in [2.05, 4.69) is 4.99 Å². The molecular formula is C22H24N2O3. The van der Waals surface area contributed by atoms with E-state index in [-0.39, 0.29) is 17.5 Å². The number of aromatic hydroxyl groups is 1. The topological polar surface area (TPSA) is 63.8 Å². The predicted molar refractivity (Wildman–Crippen MR) is 110 cm³/mol. The highest BCUT2D eigenvalue weighted by Crippen LogP contribution is 2.26. The van der Waals surface area contributed by atoms with Crippen molar-refractivity contribution < 1.29 is 9.84 Å². The molecule has 0 saturated carbocycles. The molecule has 5 nitrogen and oxygen atoms in total. The number of pyridine rings is 1. The number of hydrogen-bond acceptors (Lipinski definition) is 4. The maximum absolute atomic E-state index is 13.1. The van der Waals surface area contributed by atoms with Gasteiger partial charge in [-0.25, -0.2) is 4.57 Å². The molecule has 1 unspecified atom stereocenters. The summed E-state index contributed by atoms with van der Waals surface area (Å²) < 4.78 is 6.46. The van der Waals surface area contributed by atoms with Crippen molar-refractivity contribution in [1.82, 2.24) is 4.57 Å². The van der Waals surface area contributed by atoms with Crippen molar-refractivity contribution in [3.8, 4) is 11.6 Å². The number of benzene rings is 2. The summed E-state index contributed by atoms with van der Waals surface area (Å²) in [4.78, 5) is 17.5. The summed E-state index contributed by atoms with van der Waals surface area (Å²) in [7, 11) is 1.62. The third-order valence-corrected chi connectivity index (χ3v) is 4.72. The lowest BCUT2D eigenvalue weighted by Gasteiger charge is -2.15. The van der Waals surface area contributed by atoms with Crippen molar-refractivity contribution in [3.63, 3.8) is 0 Å². The fourth-order valence-electron chi connectivity index (χ4n) is 3.08. The molecule has 27 heavy (non-hydrogen) atoms. The zero-order valence-corrected chi connectivity index (χ0v) is 16.1. The van der Waals surface area contributed by atoms with Gasteiger partial charge in [-0.2, -0.15) is 0 Å². The molecule has 140 valence electrons. The zero-order valence-electron chi connectivity index (χ0n) is 16.1. The van der Waals surface area contributed by atoms with Crippen LogP contribution in [0.15, 0.2) is 52.3 Å². The molecule has 0 amide bonds. The summed E-state index contributed by atoms with van der Waals surface area (Å²) in [6.45, 7) is 6.40. The van der Waals surface area contributed by atoms with Gasteiger partial charge in [0, 0.05) is 24.1 Å². The summed E-state index contributed by atoms with van der Waals surface area (Å²) in [6, 6.07) is 12.9. The molecule has 0 aliphatic rings. The van der Waals surface area contributed by atoms with Crippen LogP contribution in [-0.4, -0.2) is 35.6 Å². The first-order valence-electron chi connectivity index (χ1n) is 8.90. The minimum atomic E-state index is -0.256. The molecule has 0 aliphatic carbocycles. The standard InChI is InChI=1S/C22H24N2O3/c1-14-9-10-17(11-15(14)2)24-21(25)19-8-6-5-7-18(19)20(22(24)26)12-23-16(3)13-27-4/h5-12,16,26H,13H2,1-4H3. The molecular weight excluding hydrogens is 340 g/mol. The van der Waals surface area contributed by atoms with Gasteiger partial charge in [0.05, 0.1) is 23.9 Å². The Labute approximate surface area is 158 Å². The summed E-state index contributed by atoms with van der Waals surface area (Å²) in [5.74, 6) is -0.115. The minimum absolute atomic E-state index is 0.0600. The monoisotopic (exact) mass is 364 g/mol. The van der Waals surface area contributed by atoms with E-state index in [1.807, 2.05) is 57.2 Å². The van der Waals surface area contributed by atoms with Crippen LogP contribution in [0.25, 0.3) is 16.5 Å². The molecule has 3 aromatic rings. The van der Waals surface area contributed by atoms with Crippen LogP contribution in [0.1, 0.15) is 23.6 Å². The van der Waals surface area contributed by atoms with Gasteiger partial charge in [0.2, 0.25) is 5.88 Å². The number of hydrogen-bond donors (Lipinski definition) is 1. The van der Waals surface area contributed by atoms with Gasteiger partial charge in [-0.3, -0.25) is 9.79 Å². The number of methoxy groups -OCH3 is 1. The lowest BCUT2D eigenvalue weighted by atomic mass is 10.1. The maximum atomic E-state index is 13.1. The van der Waals surface area contributed by atoms with E-state index >= 15 is 0 Å². The van der Waals surface area contributed by atoms with E-state index in [9.17, 15) is 9.90 Å². The molecule has 1 heterocycles. The van der Waals surface area contributed by atoms with Gasteiger partial charge in [-0.15, -0.1) is 0 Å². The van der Waals surface area contributed by atoms with Crippen LogP contribution in [0.3, 0.4) is 0 Å². The fourth-order valence-corrected chi connectivity index (χ4v) is 3.08. The van der Waals surface area contributed by atoms with Crippen LogP contribution in [0, 0.1) is 13.8 Å². The van der Waals surface area contributed by atoms with Crippen molar-refractivity contribution in [2.45, 2.75) is 26.8 Å². The third kappa shape index (κ3) is 3.64. The van der Waals surface area contributed by atoms with Gasteiger partial charge in [-0.1, -0.05) is 24.3 Å². The molecule has 1 aromatic heterocycles. The molecule has 1 atom stereocenters. The molecule has 0 fully saturated rings. The molecule has 0 bridgehead atoms. The second kappa shape index (κ2) is 7.76. The number of fused-ring (bicyclic) bond motifs is 1. The number of aromatic nitrogens is 1. The highest BCUT2D eigenvalue weighted by molar-refractivity contribution is 6.01. The smallest absolute Gasteiger partial charge is 0.265 e. The highest BCUT2D eigenvalue weighted by atomic mass is 16.5. The highest BCUT2D eigenvalue weighted by Gasteiger charge is 2.16. The van der Waals surface area contributed by atoms with Crippen LogP contribution in [0.2, 0.25) is 0 Å². The lowest BCUT2D eigenvalue weighted by molar-refractivity contribution is 0.186. The normalized spacial score (nSPS) is 12.7. The van der Waals surface area contributed by atoms with Crippen molar-refractivity contribution in [3.05, 3.63) is 69.5 Å². The van der Waals surface area contributed by atoms with Crippen molar-refractivity contribution in [2.24, 2.45) is 4.99 Å². The first-order valence-corrected chi connectivity index (χ1v) is 8.90. The Morgan fingerprint density at radius 2 is 1.85 bits per heavy atom. The molecule has 3 rings (SSSR count). The minimum Gasteiger partial charge on any atom is -0.494 e. The van der Waals surface area contributed by atoms with E-state index in [1.165, 1.54) is 4.57 Å². The Bertz CT molecular complexity index is 1070. The average Bonchev–Trinajstić information content (AvgIpc) is 2.65. The second-order valence-corrected chi connectivity index (χ2v) is 6.77. The SMILES string of the molecule is COCC(C)N=Cc1c(O)n(-c2ccc(C)c(C)c2)c(=O)c2ccccc12. The number of nitrogens with zero attached hydrogens (tertiary/aromatic N) is 2. The Hall–Kier alpha value is -2.92. The van der Waals surface area contributed by atoms with Crippen molar-refractivity contribution in [2.75, 3.05) is 13.7 Å². The number of ether oxygens (including phenoxy) is 1. The number of aryl methyl sites for hydroxylation is 2. The van der Waals surface area contributed by atoms with Crippen LogP contribution in [0.4, 0.5) is 0 Å². The van der Waals surface area contributed by atoms with Gasteiger partial charge in [0.1, 0.15) is 0 Å². The first kappa shape index (κ1) is 18.9. The van der Waals surface area contributed by atoms with E-state index in [0.717, 1.165) is 11.1 Å². The van der Waals surface area contributed by atoms with E-state index < -0.39 is 0 Å². The quantitative estimate of drug-likeness (QED) is 0.701. The Morgan fingerprint density at radius 1 is 1.15 bits per heavy atom. The van der Waals surface area contributed by atoms with Crippen LogP contribution in [-0.2, 0) is 4.74 Å². The Balaban J connectivity index is 2.29.